The van der Waals surface area contributed by atoms with Crippen molar-refractivity contribution in [2.75, 3.05) is 34.0 Å². The molecule has 0 radical (unpaired) electrons. The van der Waals surface area contributed by atoms with E-state index in [-0.39, 0.29) is 24.5 Å². The minimum absolute atomic E-state index is 0.0426. The molecule has 0 bridgehead atoms. The van der Waals surface area contributed by atoms with Crippen molar-refractivity contribution >= 4 is 17.4 Å². The standard InChI is InChI=1S/C26H31NO6/c1-4-5-6-15-33-20-12-10-18(11-13-20)23-22(25(29)26(30)27(23)14-16-31-2)24(28)19-8-7-9-21(17-19)32-3/h7-13,17,23,28H,4-6,14-16H2,1-3H3/b24-22+. The molecule has 1 unspecified atom stereocenters. The molecule has 1 atom stereocenters. The second-order valence-electron chi connectivity index (χ2n) is 7.84. The summed E-state index contributed by atoms with van der Waals surface area (Å²) in [6.07, 6.45) is 3.21. The number of benzene rings is 2. The molecule has 7 heteroatoms. The number of nitrogens with zero attached hydrogens (tertiary/aromatic N) is 1. The van der Waals surface area contributed by atoms with Gasteiger partial charge in [0.2, 0.25) is 0 Å². The lowest BCUT2D eigenvalue weighted by molar-refractivity contribution is -0.140. The van der Waals surface area contributed by atoms with Crippen LogP contribution in [0.1, 0.15) is 43.4 Å². The van der Waals surface area contributed by atoms with Gasteiger partial charge in [0, 0.05) is 19.2 Å². The van der Waals surface area contributed by atoms with Gasteiger partial charge in [0.25, 0.3) is 11.7 Å². The van der Waals surface area contributed by atoms with Gasteiger partial charge < -0.3 is 24.2 Å². The Labute approximate surface area is 194 Å². The zero-order chi connectivity index (χ0) is 23.8. The summed E-state index contributed by atoms with van der Waals surface area (Å²) < 4.78 is 16.2. The minimum atomic E-state index is -0.736. The average Bonchev–Trinajstić information content (AvgIpc) is 3.10. The molecule has 0 aliphatic carbocycles. The quantitative estimate of drug-likeness (QED) is 0.236. The highest BCUT2D eigenvalue weighted by Gasteiger charge is 2.45. The van der Waals surface area contributed by atoms with E-state index in [1.165, 1.54) is 19.1 Å². The first-order valence-electron chi connectivity index (χ1n) is 11.2. The predicted molar refractivity (Wildman–Crippen MR) is 125 cm³/mol. The maximum absolute atomic E-state index is 13.0. The molecule has 0 saturated carbocycles. The van der Waals surface area contributed by atoms with Crippen molar-refractivity contribution in [2.45, 2.75) is 32.2 Å². The number of aliphatic hydroxyl groups is 1. The topological polar surface area (TPSA) is 85.3 Å². The van der Waals surface area contributed by atoms with E-state index < -0.39 is 17.7 Å². The Morgan fingerprint density at radius 2 is 1.76 bits per heavy atom. The smallest absolute Gasteiger partial charge is 0.295 e. The molecule has 2 aromatic carbocycles. The summed E-state index contributed by atoms with van der Waals surface area (Å²) in [6, 6.07) is 13.3. The number of carbonyl (C=O) groups excluding carboxylic acids is 2. The van der Waals surface area contributed by atoms with E-state index in [0.717, 1.165) is 25.0 Å². The molecular weight excluding hydrogens is 422 g/mol. The van der Waals surface area contributed by atoms with Crippen LogP contribution in [0.4, 0.5) is 0 Å². The summed E-state index contributed by atoms with van der Waals surface area (Å²) in [5.41, 5.74) is 1.15. The highest BCUT2D eigenvalue weighted by atomic mass is 16.5. The normalized spacial score (nSPS) is 17.4. The first-order valence-corrected chi connectivity index (χ1v) is 11.2. The molecular formula is C26H31NO6. The second kappa shape index (κ2) is 11.5. The van der Waals surface area contributed by atoms with Gasteiger partial charge in [-0.3, -0.25) is 9.59 Å². The van der Waals surface area contributed by atoms with Gasteiger partial charge in [0.15, 0.2) is 0 Å². The highest BCUT2D eigenvalue weighted by molar-refractivity contribution is 6.46. The highest BCUT2D eigenvalue weighted by Crippen LogP contribution is 2.40. The van der Waals surface area contributed by atoms with Crippen molar-refractivity contribution in [3.63, 3.8) is 0 Å². The number of rotatable bonds is 11. The maximum atomic E-state index is 13.0. The number of amides is 1. The van der Waals surface area contributed by atoms with Crippen LogP contribution in [0, 0.1) is 0 Å². The zero-order valence-electron chi connectivity index (χ0n) is 19.4. The third kappa shape index (κ3) is 5.54. The van der Waals surface area contributed by atoms with Crippen molar-refractivity contribution in [3.8, 4) is 11.5 Å². The van der Waals surface area contributed by atoms with Crippen LogP contribution in [0.3, 0.4) is 0 Å². The molecule has 3 rings (SSSR count). The van der Waals surface area contributed by atoms with Crippen molar-refractivity contribution in [2.24, 2.45) is 0 Å². The van der Waals surface area contributed by atoms with Crippen molar-refractivity contribution in [1.29, 1.82) is 0 Å². The Morgan fingerprint density at radius 1 is 1.00 bits per heavy atom. The van der Waals surface area contributed by atoms with Gasteiger partial charge in [-0.15, -0.1) is 0 Å². The predicted octanol–water partition coefficient (Wildman–Crippen LogP) is 4.33. The molecule has 1 aliphatic rings. The van der Waals surface area contributed by atoms with Gasteiger partial charge in [0.05, 0.1) is 31.9 Å². The van der Waals surface area contributed by atoms with E-state index in [0.29, 0.717) is 23.5 Å². The van der Waals surface area contributed by atoms with Crippen LogP contribution in [0.5, 0.6) is 11.5 Å². The van der Waals surface area contributed by atoms with Crippen LogP contribution in [-0.2, 0) is 14.3 Å². The monoisotopic (exact) mass is 453 g/mol. The number of hydrogen-bond acceptors (Lipinski definition) is 6. The summed E-state index contributed by atoms with van der Waals surface area (Å²) in [5, 5.41) is 11.1. The lowest BCUT2D eigenvalue weighted by Crippen LogP contribution is -2.32. The molecule has 1 N–H and O–H groups in total. The number of hydrogen-bond donors (Lipinski definition) is 1. The fourth-order valence-electron chi connectivity index (χ4n) is 3.86. The number of ketones is 1. The van der Waals surface area contributed by atoms with Gasteiger partial charge in [-0.05, 0) is 36.2 Å². The molecule has 1 aliphatic heterocycles. The van der Waals surface area contributed by atoms with Crippen LogP contribution < -0.4 is 9.47 Å². The first kappa shape index (κ1) is 24.3. The molecule has 1 fully saturated rings. The second-order valence-corrected chi connectivity index (χ2v) is 7.84. The number of carbonyl (C=O) groups is 2. The fraction of sp³-hybridized carbons (Fsp3) is 0.385. The molecule has 0 aromatic heterocycles. The van der Waals surface area contributed by atoms with E-state index in [1.54, 1.807) is 24.3 Å². The number of aliphatic hydroxyl groups excluding tert-OH is 1. The Kier molecular flexibility index (Phi) is 8.49. The summed E-state index contributed by atoms with van der Waals surface area (Å²) in [5.74, 6) is -0.375. The average molecular weight is 454 g/mol. The number of likely N-dealkylation sites (tertiary alicyclic amines) is 1. The van der Waals surface area contributed by atoms with Gasteiger partial charge >= 0.3 is 0 Å². The van der Waals surface area contributed by atoms with Gasteiger partial charge in [-0.25, -0.2) is 0 Å². The Morgan fingerprint density at radius 3 is 2.42 bits per heavy atom. The van der Waals surface area contributed by atoms with E-state index in [9.17, 15) is 14.7 Å². The van der Waals surface area contributed by atoms with Crippen molar-refractivity contribution < 1.29 is 28.9 Å². The van der Waals surface area contributed by atoms with Gasteiger partial charge in [0.1, 0.15) is 17.3 Å². The van der Waals surface area contributed by atoms with E-state index >= 15 is 0 Å². The first-order chi connectivity index (χ1) is 16.0. The SMILES string of the molecule is CCCCCOc1ccc(C2/C(=C(\O)c3cccc(OC)c3)C(=O)C(=O)N2CCOC)cc1. The van der Waals surface area contributed by atoms with E-state index in [2.05, 4.69) is 6.92 Å². The third-order valence-electron chi connectivity index (χ3n) is 5.63. The molecule has 0 spiro atoms. The maximum Gasteiger partial charge on any atom is 0.295 e. The van der Waals surface area contributed by atoms with E-state index in [4.69, 9.17) is 14.2 Å². The number of ether oxygens (including phenoxy) is 3. The number of unbranched alkanes of at least 4 members (excludes halogenated alkanes) is 2. The van der Waals surface area contributed by atoms with Crippen molar-refractivity contribution in [3.05, 3.63) is 65.2 Å². The molecule has 1 saturated heterocycles. The molecule has 1 amide bonds. The van der Waals surface area contributed by atoms with Crippen molar-refractivity contribution in [1.82, 2.24) is 4.90 Å². The lowest BCUT2D eigenvalue weighted by Gasteiger charge is -2.25. The molecule has 1 heterocycles. The molecule has 33 heavy (non-hydrogen) atoms. The summed E-state index contributed by atoms with van der Waals surface area (Å²) in [7, 11) is 3.06. The van der Waals surface area contributed by atoms with Crippen LogP contribution in [0.25, 0.3) is 5.76 Å². The minimum Gasteiger partial charge on any atom is -0.507 e. The summed E-state index contributed by atoms with van der Waals surface area (Å²) >= 11 is 0. The Balaban J connectivity index is 1.99. The molecule has 2 aromatic rings. The molecule has 176 valence electrons. The summed E-state index contributed by atoms with van der Waals surface area (Å²) in [6.45, 7) is 3.26. The Bertz CT molecular complexity index is 998. The van der Waals surface area contributed by atoms with Gasteiger partial charge in [-0.2, -0.15) is 0 Å². The molecule has 7 nitrogen and oxygen atoms in total. The van der Waals surface area contributed by atoms with Crippen LogP contribution >= 0.6 is 0 Å². The third-order valence-corrected chi connectivity index (χ3v) is 5.63. The van der Waals surface area contributed by atoms with E-state index in [1.807, 2.05) is 24.3 Å². The largest absolute Gasteiger partial charge is 0.507 e. The van der Waals surface area contributed by atoms with Crippen LogP contribution in [0.15, 0.2) is 54.1 Å². The number of Topliss-reactive ketones (excluding diaryl/α,β-unsaturated/α-hetero) is 1. The zero-order valence-corrected chi connectivity index (χ0v) is 19.4. The lowest BCUT2D eigenvalue weighted by atomic mass is 9.95. The van der Waals surface area contributed by atoms with Crippen LogP contribution in [-0.4, -0.2) is 55.7 Å². The number of methoxy groups -OCH3 is 2. The van der Waals surface area contributed by atoms with Crippen LogP contribution in [0.2, 0.25) is 0 Å². The van der Waals surface area contributed by atoms with Gasteiger partial charge in [-0.1, -0.05) is 44.0 Å². The Hall–Kier alpha value is -3.32. The fourth-order valence-corrected chi connectivity index (χ4v) is 3.86. The summed E-state index contributed by atoms with van der Waals surface area (Å²) in [4.78, 5) is 27.3.